The van der Waals surface area contributed by atoms with Gasteiger partial charge in [-0.15, -0.1) is 0 Å². The van der Waals surface area contributed by atoms with Crippen LogP contribution in [0.15, 0.2) is 12.1 Å². The molecule has 0 aliphatic carbocycles. The summed E-state index contributed by atoms with van der Waals surface area (Å²) in [7, 11) is 0. The summed E-state index contributed by atoms with van der Waals surface area (Å²) in [6, 6.07) is 4.54. The highest BCUT2D eigenvalue weighted by Crippen LogP contribution is 2.18. The maximum Gasteiger partial charge on any atom is 0.176 e. The maximum absolute atomic E-state index is 13.4. The Morgan fingerprint density at radius 3 is 2.79 bits per heavy atom. The molecular formula is C9H4BrFINO. The third kappa shape index (κ3) is 2.30. The van der Waals surface area contributed by atoms with Crippen molar-refractivity contribution in [2.24, 2.45) is 0 Å². The van der Waals surface area contributed by atoms with E-state index in [0.717, 1.165) is 0 Å². The first-order chi connectivity index (χ1) is 6.60. The maximum atomic E-state index is 13.4. The molecule has 0 saturated carbocycles. The molecule has 0 atom stereocenters. The lowest BCUT2D eigenvalue weighted by molar-refractivity contribution is 0.102. The van der Waals surface area contributed by atoms with E-state index < -0.39 is 5.82 Å². The number of halogens is 3. The first-order valence-electron chi connectivity index (χ1n) is 3.58. The predicted octanol–water partition coefficient (Wildman–Crippen LogP) is 2.88. The summed E-state index contributed by atoms with van der Waals surface area (Å²) >= 11 is 4.71. The van der Waals surface area contributed by atoms with Gasteiger partial charge in [-0.2, -0.15) is 5.26 Å². The van der Waals surface area contributed by atoms with E-state index in [9.17, 15) is 9.18 Å². The number of benzene rings is 1. The molecule has 0 spiro atoms. The van der Waals surface area contributed by atoms with Gasteiger partial charge in [0, 0.05) is 0 Å². The monoisotopic (exact) mass is 367 g/mol. The summed E-state index contributed by atoms with van der Waals surface area (Å²) in [6.45, 7) is 0. The summed E-state index contributed by atoms with van der Waals surface area (Å²) in [6.07, 6.45) is 0. The second-order valence-corrected chi connectivity index (χ2v) is 4.21. The lowest BCUT2D eigenvalue weighted by atomic mass is 10.1. The number of alkyl halides is 1. The van der Waals surface area contributed by atoms with Crippen molar-refractivity contribution in [3.05, 3.63) is 32.6 Å². The molecule has 0 aliphatic rings. The van der Waals surface area contributed by atoms with Crippen LogP contribution in [0, 0.1) is 20.7 Å². The van der Waals surface area contributed by atoms with Gasteiger partial charge in [-0.3, -0.25) is 4.79 Å². The minimum absolute atomic E-state index is 0.0367. The SMILES string of the molecule is N#Cc1cc(I)c(F)c(C(=O)CBr)c1. The minimum atomic E-state index is -0.561. The Morgan fingerprint density at radius 1 is 1.64 bits per heavy atom. The molecule has 0 amide bonds. The number of carbonyl (C=O) groups is 1. The predicted molar refractivity (Wildman–Crippen MR) is 62.0 cm³/mol. The fraction of sp³-hybridized carbons (Fsp3) is 0.111. The number of Topliss-reactive ketones (excluding diaryl/α,β-unsaturated/α-hetero) is 1. The lowest BCUT2D eigenvalue weighted by Crippen LogP contribution is -2.05. The second-order valence-electron chi connectivity index (χ2n) is 2.49. The largest absolute Gasteiger partial charge is 0.293 e. The number of hydrogen-bond acceptors (Lipinski definition) is 2. The zero-order chi connectivity index (χ0) is 10.7. The van der Waals surface area contributed by atoms with Crippen LogP contribution in [0.5, 0.6) is 0 Å². The van der Waals surface area contributed by atoms with E-state index in [1.54, 1.807) is 22.6 Å². The van der Waals surface area contributed by atoms with E-state index in [2.05, 4.69) is 15.9 Å². The Bertz CT molecular complexity index is 428. The van der Waals surface area contributed by atoms with E-state index in [0.29, 0.717) is 5.56 Å². The highest BCUT2D eigenvalue weighted by Gasteiger charge is 2.14. The van der Waals surface area contributed by atoms with Crippen molar-refractivity contribution in [1.82, 2.24) is 0 Å². The van der Waals surface area contributed by atoms with Crippen molar-refractivity contribution in [1.29, 1.82) is 5.26 Å². The highest BCUT2D eigenvalue weighted by molar-refractivity contribution is 14.1. The van der Waals surface area contributed by atoms with Crippen LogP contribution < -0.4 is 0 Å². The average molecular weight is 368 g/mol. The molecule has 1 rings (SSSR count). The quantitative estimate of drug-likeness (QED) is 0.458. The van der Waals surface area contributed by atoms with Crippen LogP contribution in [-0.4, -0.2) is 11.1 Å². The molecule has 2 nitrogen and oxygen atoms in total. The summed E-state index contributed by atoms with van der Waals surface area (Å²) in [5, 5.41) is 8.68. The molecule has 14 heavy (non-hydrogen) atoms. The van der Waals surface area contributed by atoms with Gasteiger partial charge in [0.05, 0.1) is 26.1 Å². The summed E-state index contributed by atoms with van der Waals surface area (Å²) in [4.78, 5) is 11.3. The molecule has 1 aromatic carbocycles. The fourth-order valence-electron chi connectivity index (χ4n) is 0.929. The van der Waals surface area contributed by atoms with Gasteiger partial charge in [0.25, 0.3) is 0 Å². The second kappa shape index (κ2) is 4.84. The molecule has 0 N–H and O–H groups in total. The molecule has 0 heterocycles. The molecule has 0 bridgehead atoms. The smallest absolute Gasteiger partial charge is 0.176 e. The van der Waals surface area contributed by atoms with Crippen LogP contribution in [-0.2, 0) is 0 Å². The Balaban J connectivity index is 3.36. The van der Waals surface area contributed by atoms with Crippen LogP contribution in [0.1, 0.15) is 15.9 Å². The van der Waals surface area contributed by atoms with Gasteiger partial charge in [-0.25, -0.2) is 4.39 Å². The number of hydrogen-bond donors (Lipinski definition) is 0. The molecule has 5 heteroatoms. The van der Waals surface area contributed by atoms with Crippen molar-refractivity contribution in [3.63, 3.8) is 0 Å². The molecular weight excluding hydrogens is 364 g/mol. The average Bonchev–Trinajstić information content (AvgIpc) is 2.20. The van der Waals surface area contributed by atoms with E-state index in [4.69, 9.17) is 5.26 Å². The molecule has 0 saturated heterocycles. The Labute approximate surface area is 102 Å². The van der Waals surface area contributed by atoms with Crippen molar-refractivity contribution in [2.45, 2.75) is 0 Å². The first kappa shape index (κ1) is 11.6. The highest BCUT2D eigenvalue weighted by atomic mass is 127. The van der Waals surface area contributed by atoms with Crippen LogP contribution in [0.3, 0.4) is 0 Å². The standard InChI is InChI=1S/C9H4BrFINO/c10-3-8(14)6-1-5(4-13)2-7(12)9(6)11/h1-2H,3H2. The van der Waals surface area contributed by atoms with E-state index in [-0.39, 0.29) is 20.2 Å². The van der Waals surface area contributed by atoms with Crippen molar-refractivity contribution >= 4 is 44.3 Å². The number of rotatable bonds is 2. The molecule has 0 aliphatic heterocycles. The topological polar surface area (TPSA) is 40.9 Å². The van der Waals surface area contributed by atoms with Crippen LogP contribution >= 0.6 is 38.5 Å². The van der Waals surface area contributed by atoms with Gasteiger partial charge in [0.1, 0.15) is 5.82 Å². The van der Waals surface area contributed by atoms with E-state index in [1.807, 2.05) is 6.07 Å². The van der Waals surface area contributed by atoms with Gasteiger partial charge < -0.3 is 0 Å². The van der Waals surface area contributed by atoms with Gasteiger partial charge in [-0.1, -0.05) is 15.9 Å². The number of nitriles is 1. The van der Waals surface area contributed by atoms with Gasteiger partial charge in [-0.05, 0) is 34.7 Å². The summed E-state index contributed by atoms with van der Waals surface area (Å²) < 4.78 is 13.7. The molecule has 0 fully saturated rings. The van der Waals surface area contributed by atoms with Crippen molar-refractivity contribution in [3.8, 4) is 6.07 Å². The molecule has 72 valence electrons. The fourth-order valence-corrected chi connectivity index (χ4v) is 1.86. The summed E-state index contributed by atoms with van der Waals surface area (Å²) in [5.74, 6) is -0.924. The van der Waals surface area contributed by atoms with Crippen molar-refractivity contribution < 1.29 is 9.18 Å². The number of nitrogens with zero attached hydrogens (tertiary/aromatic N) is 1. The number of carbonyl (C=O) groups excluding carboxylic acids is 1. The van der Waals surface area contributed by atoms with E-state index in [1.165, 1.54) is 12.1 Å². The zero-order valence-corrected chi connectivity index (χ0v) is 10.6. The van der Waals surface area contributed by atoms with Gasteiger partial charge in [0.2, 0.25) is 0 Å². The van der Waals surface area contributed by atoms with Crippen LogP contribution in [0.2, 0.25) is 0 Å². The third-order valence-electron chi connectivity index (χ3n) is 1.58. The van der Waals surface area contributed by atoms with Crippen LogP contribution in [0.4, 0.5) is 4.39 Å². The molecule has 0 unspecified atom stereocenters. The molecule has 1 aromatic rings. The Kier molecular flexibility index (Phi) is 4.01. The summed E-state index contributed by atoms with van der Waals surface area (Å²) in [5.41, 5.74) is 0.255. The minimum Gasteiger partial charge on any atom is -0.293 e. The third-order valence-corrected chi connectivity index (χ3v) is 2.87. The lowest BCUT2D eigenvalue weighted by Gasteiger charge is -2.02. The molecule has 0 radical (unpaired) electrons. The van der Waals surface area contributed by atoms with Crippen LogP contribution in [0.25, 0.3) is 0 Å². The normalized spacial score (nSPS) is 9.57. The van der Waals surface area contributed by atoms with Gasteiger partial charge in [0.15, 0.2) is 5.78 Å². The zero-order valence-electron chi connectivity index (χ0n) is 6.85. The Hall–Kier alpha value is -0.480. The van der Waals surface area contributed by atoms with E-state index >= 15 is 0 Å². The van der Waals surface area contributed by atoms with Gasteiger partial charge >= 0.3 is 0 Å². The van der Waals surface area contributed by atoms with Crippen molar-refractivity contribution in [2.75, 3.05) is 5.33 Å². The molecule has 0 aromatic heterocycles. The number of ketones is 1. The Morgan fingerprint density at radius 2 is 2.29 bits per heavy atom. The first-order valence-corrected chi connectivity index (χ1v) is 5.78.